The largest absolute Gasteiger partial charge is 0.462 e. The summed E-state index contributed by atoms with van der Waals surface area (Å²) in [6, 6.07) is 16.8. The molecule has 0 aliphatic heterocycles. The van der Waals surface area contributed by atoms with Crippen LogP contribution in [-0.4, -0.2) is 26.9 Å². The number of para-hydroxylation sites is 1. The summed E-state index contributed by atoms with van der Waals surface area (Å²) in [5, 5.41) is 2.67. The Morgan fingerprint density at radius 3 is 2.16 bits per heavy atom. The summed E-state index contributed by atoms with van der Waals surface area (Å²) in [4.78, 5) is 24.2. The van der Waals surface area contributed by atoms with Crippen LogP contribution in [0.5, 0.6) is 0 Å². The number of halogens is 1. The van der Waals surface area contributed by atoms with E-state index in [0.29, 0.717) is 17.9 Å². The minimum Gasteiger partial charge on any atom is -0.462 e. The van der Waals surface area contributed by atoms with Crippen LogP contribution in [0.2, 0.25) is 0 Å². The van der Waals surface area contributed by atoms with Crippen molar-refractivity contribution in [1.82, 2.24) is 0 Å². The zero-order valence-electron chi connectivity index (χ0n) is 17.2. The van der Waals surface area contributed by atoms with Crippen molar-refractivity contribution in [3.63, 3.8) is 0 Å². The molecule has 0 atom stereocenters. The van der Waals surface area contributed by atoms with Crippen LogP contribution in [0.4, 0.5) is 15.8 Å². The molecular formula is C23H21FN2O5S. The van der Waals surface area contributed by atoms with Crippen molar-refractivity contribution in [2.45, 2.75) is 18.2 Å². The molecule has 3 aromatic rings. The normalized spacial score (nSPS) is 10.9. The second-order valence-electron chi connectivity index (χ2n) is 6.78. The predicted octanol–water partition coefficient (Wildman–Crippen LogP) is 4.45. The van der Waals surface area contributed by atoms with Crippen LogP contribution >= 0.6 is 0 Å². The Kier molecular flexibility index (Phi) is 7.21. The van der Waals surface area contributed by atoms with Crippen LogP contribution in [0.3, 0.4) is 0 Å². The van der Waals surface area contributed by atoms with E-state index in [1.165, 1.54) is 54.6 Å². The van der Waals surface area contributed by atoms with E-state index in [1.54, 1.807) is 12.1 Å². The Bertz CT molecular complexity index is 1210. The average molecular weight is 456 g/mol. The van der Waals surface area contributed by atoms with Gasteiger partial charge in [0.2, 0.25) is 0 Å². The van der Waals surface area contributed by atoms with E-state index in [0.717, 1.165) is 12.5 Å². The van der Waals surface area contributed by atoms with Crippen molar-refractivity contribution in [3.8, 4) is 0 Å². The topological polar surface area (TPSA) is 102 Å². The molecule has 0 saturated carbocycles. The molecular weight excluding hydrogens is 435 g/mol. The number of nitrogens with one attached hydrogen (secondary N) is 2. The fourth-order valence-electron chi connectivity index (χ4n) is 2.70. The fourth-order valence-corrected chi connectivity index (χ4v) is 3.77. The predicted molar refractivity (Wildman–Crippen MR) is 119 cm³/mol. The van der Waals surface area contributed by atoms with Crippen molar-refractivity contribution in [1.29, 1.82) is 0 Å². The van der Waals surface area contributed by atoms with Gasteiger partial charge in [-0.2, -0.15) is 0 Å². The second-order valence-corrected chi connectivity index (χ2v) is 8.46. The number of benzene rings is 3. The van der Waals surface area contributed by atoms with Gasteiger partial charge in [0.25, 0.3) is 15.9 Å². The maximum Gasteiger partial charge on any atom is 0.338 e. The Labute approximate surface area is 185 Å². The van der Waals surface area contributed by atoms with Gasteiger partial charge in [0, 0.05) is 11.3 Å². The number of rotatable bonds is 8. The first-order valence-corrected chi connectivity index (χ1v) is 11.2. The SMILES string of the molecule is CCCOC(=O)c1ccc(NC(=O)c2ccc(S(=O)(=O)Nc3ccccc3F)cc2)cc1. The minimum atomic E-state index is -4.02. The monoisotopic (exact) mass is 456 g/mol. The quantitative estimate of drug-likeness (QED) is 0.488. The third-order valence-corrected chi connectivity index (χ3v) is 5.74. The summed E-state index contributed by atoms with van der Waals surface area (Å²) in [5.74, 6) is -1.60. The number of hydrogen-bond acceptors (Lipinski definition) is 5. The maximum atomic E-state index is 13.7. The van der Waals surface area contributed by atoms with E-state index in [9.17, 15) is 22.4 Å². The average Bonchev–Trinajstić information content (AvgIpc) is 2.79. The van der Waals surface area contributed by atoms with Gasteiger partial charge in [-0.1, -0.05) is 19.1 Å². The lowest BCUT2D eigenvalue weighted by Crippen LogP contribution is -2.15. The molecule has 0 aliphatic carbocycles. The van der Waals surface area contributed by atoms with E-state index in [2.05, 4.69) is 10.0 Å². The molecule has 3 aromatic carbocycles. The minimum absolute atomic E-state index is 0.118. The summed E-state index contributed by atoms with van der Waals surface area (Å²) in [7, 11) is -4.02. The lowest BCUT2D eigenvalue weighted by molar-refractivity contribution is 0.0505. The van der Waals surface area contributed by atoms with Gasteiger partial charge in [0.15, 0.2) is 0 Å². The van der Waals surface area contributed by atoms with Gasteiger partial charge >= 0.3 is 5.97 Å². The fraction of sp³-hybridized carbons (Fsp3) is 0.130. The molecule has 32 heavy (non-hydrogen) atoms. The molecule has 0 radical (unpaired) electrons. The van der Waals surface area contributed by atoms with E-state index in [1.807, 2.05) is 6.92 Å². The molecule has 0 fully saturated rings. The maximum absolute atomic E-state index is 13.7. The smallest absolute Gasteiger partial charge is 0.338 e. The van der Waals surface area contributed by atoms with Crippen LogP contribution in [0.25, 0.3) is 0 Å². The van der Waals surface area contributed by atoms with Crippen LogP contribution in [0.1, 0.15) is 34.1 Å². The van der Waals surface area contributed by atoms with Gasteiger partial charge in [0.05, 0.1) is 22.8 Å². The number of hydrogen-bond donors (Lipinski definition) is 2. The lowest BCUT2D eigenvalue weighted by Gasteiger charge is -2.10. The van der Waals surface area contributed by atoms with Gasteiger partial charge < -0.3 is 10.1 Å². The Morgan fingerprint density at radius 2 is 1.53 bits per heavy atom. The zero-order valence-corrected chi connectivity index (χ0v) is 18.0. The highest BCUT2D eigenvalue weighted by atomic mass is 32.2. The first kappa shape index (κ1) is 23.0. The van der Waals surface area contributed by atoms with Crippen LogP contribution < -0.4 is 10.0 Å². The molecule has 2 N–H and O–H groups in total. The van der Waals surface area contributed by atoms with Crippen molar-refractivity contribution < 1.29 is 27.1 Å². The molecule has 0 spiro atoms. The van der Waals surface area contributed by atoms with Crippen LogP contribution in [0.15, 0.2) is 77.7 Å². The van der Waals surface area contributed by atoms with Gasteiger partial charge in [-0.15, -0.1) is 0 Å². The molecule has 9 heteroatoms. The number of ether oxygens (including phenoxy) is 1. The zero-order chi connectivity index (χ0) is 23.1. The summed E-state index contributed by atoms with van der Waals surface area (Å²) < 4.78 is 45.9. The Hall–Kier alpha value is -3.72. The second kappa shape index (κ2) is 10.1. The first-order valence-electron chi connectivity index (χ1n) is 9.76. The van der Waals surface area contributed by atoms with E-state index < -0.39 is 27.7 Å². The molecule has 1 amide bonds. The number of esters is 1. The van der Waals surface area contributed by atoms with Crippen molar-refractivity contribution in [2.75, 3.05) is 16.6 Å². The third-order valence-electron chi connectivity index (χ3n) is 4.36. The molecule has 0 aliphatic rings. The third kappa shape index (κ3) is 5.70. The lowest BCUT2D eigenvalue weighted by atomic mass is 10.2. The molecule has 166 valence electrons. The molecule has 0 aromatic heterocycles. The number of carbonyl (C=O) groups excluding carboxylic acids is 2. The van der Waals surface area contributed by atoms with E-state index >= 15 is 0 Å². The van der Waals surface area contributed by atoms with Crippen molar-refractivity contribution >= 4 is 33.3 Å². The molecule has 7 nitrogen and oxygen atoms in total. The van der Waals surface area contributed by atoms with Crippen molar-refractivity contribution in [3.05, 3.63) is 89.7 Å². The van der Waals surface area contributed by atoms with Gasteiger partial charge in [-0.05, 0) is 67.1 Å². The highest BCUT2D eigenvalue weighted by molar-refractivity contribution is 7.92. The number of sulfonamides is 1. The number of anilines is 2. The van der Waals surface area contributed by atoms with Gasteiger partial charge in [-0.25, -0.2) is 17.6 Å². The Balaban J connectivity index is 1.66. The summed E-state index contributed by atoms with van der Waals surface area (Å²) in [6.07, 6.45) is 0.721. The molecule has 0 heterocycles. The highest BCUT2D eigenvalue weighted by Gasteiger charge is 2.17. The van der Waals surface area contributed by atoms with Crippen LogP contribution in [-0.2, 0) is 14.8 Å². The van der Waals surface area contributed by atoms with Crippen molar-refractivity contribution in [2.24, 2.45) is 0 Å². The summed E-state index contributed by atoms with van der Waals surface area (Å²) in [6.45, 7) is 2.23. The summed E-state index contributed by atoms with van der Waals surface area (Å²) >= 11 is 0. The molecule has 0 bridgehead atoms. The molecule has 0 unspecified atom stereocenters. The number of amides is 1. The molecule has 0 saturated heterocycles. The summed E-state index contributed by atoms with van der Waals surface area (Å²) in [5.41, 5.74) is 0.880. The van der Waals surface area contributed by atoms with Gasteiger partial charge in [0.1, 0.15) is 5.82 Å². The highest BCUT2D eigenvalue weighted by Crippen LogP contribution is 2.20. The molecule has 3 rings (SSSR count). The standard InChI is InChI=1S/C23H21FN2O5S/c1-2-15-31-23(28)17-7-11-18(12-8-17)25-22(27)16-9-13-19(14-10-16)32(29,30)26-21-6-4-3-5-20(21)24/h3-14,26H,2,15H2,1H3,(H,25,27). The van der Waals surface area contributed by atoms with Crippen LogP contribution in [0, 0.1) is 5.82 Å². The van der Waals surface area contributed by atoms with E-state index in [4.69, 9.17) is 4.74 Å². The number of carbonyl (C=O) groups is 2. The first-order chi connectivity index (χ1) is 15.3. The van der Waals surface area contributed by atoms with E-state index in [-0.39, 0.29) is 16.1 Å². The van der Waals surface area contributed by atoms with Gasteiger partial charge in [-0.3, -0.25) is 9.52 Å². The Morgan fingerprint density at radius 1 is 0.906 bits per heavy atom.